The molecule has 1 atom stereocenters. The summed E-state index contributed by atoms with van der Waals surface area (Å²) < 4.78 is 2.17. The smallest absolute Gasteiger partial charge is 0.0974 e. The van der Waals surface area contributed by atoms with Crippen molar-refractivity contribution in [2.45, 2.75) is 51.0 Å². The van der Waals surface area contributed by atoms with Crippen molar-refractivity contribution in [3.8, 4) is 0 Å². The predicted octanol–water partition coefficient (Wildman–Crippen LogP) is 3.10. The summed E-state index contributed by atoms with van der Waals surface area (Å²) in [6.07, 6.45) is 13.6. The number of nitrogens with zero attached hydrogens (tertiary/aromatic N) is 4. The van der Waals surface area contributed by atoms with E-state index in [1.54, 1.807) is 4.88 Å². The minimum Gasteiger partial charge on any atom is -0.336 e. The topological polar surface area (TPSA) is 34.0 Å². The molecule has 4 nitrogen and oxygen atoms in total. The monoisotopic (exact) mass is 316 g/mol. The van der Waals surface area contributed by atoms with Crippen LogP contribution in [0, 0.1) is 0 Å². The number of piperidine rings is 1. The quantitative estimate of drug-likeness (QED) is 0.869. The van der Waals surface area contributed by atoms with Crippen molar-refractivity contribution in [3.63, 3.8) is 0 Å². The Kier molecular flexibility index (Phi) is 4.26. The van der Waals surface area contributed by atoms with E-state index >= 15 is 0 Å². The van der Waals surface area contributed by atoms with Gasteiger partial charge in [0.15, 0.2) is 0 Å². The van der Waals surface area contributed by atoms with E-state index in [1.165, 1.54) is 62.3 Å². The SMILES string of the molecule is c1cn(CCN2CCC[C@@H](c3nc4c(s3)CCCC4)C2)cn1. The van der Waals surface area contributed by atoms with Crippen molar-refractivity contribution in [1.82, 2.24) is 19.4 Å². The second-order valence-corrected chi connectivity index (χ2v) is 7.68. The highest BCUT2D eigenvalue weighted by molar-refractivity contribution is 7.11. The first kappa shape index (κ1) is 14.4. The Morgan fingerprint density at radius 3 is 3.00 bits per heavy atom. The molecule has 1 fully saturated rings. The van der Waals surface area contributed by atoms with E-state index < -0.39 is 0 Å². The van der Waals surface area contributed by atoms with E-state index in [4.69, 9.17) is 4.98 Å². The minimum atomic E-state index is 0.659. The van der Waals surface area contributed by atoms with E-state index in [0.29, 0.717) is 5.92 Å². The molecule has 3 heterocycles. The molecule has 0 amide bonds. The number of imidazole rings is 1. The molecule has 2 aromatic heterocycles. The van der Waals surface area contributed by atoms with Gasteiger partial charge in [-0.15, -0.1) is 11.3 Å². The number of hydrogen-bond donors (Lipinski definition) is 0. The third-order valence-electron chi connectivity index (χ3n) is 4.95. The zero-order valence-electron chi connectivity index (χ0n) is 13.1. The van der Waals surface area contributed by atoms with Crippen LogP contribution < -0.4 is 0 Å². The molecular formula is C17H24N4S. The molecule has 118 valence electrons. The lowest BCUT2D eigenvalue weighted by Gasteiger charge is -2.31. The van der Waals surface area contributed by atoms with Crippen LogP contribution in [0.25, 0.3) is 0 Å². The van der Waals surface area contributed by atoms with Gasteiger partial charge < -0.3 is 9.47 Å². The van der Waals surface area contributed by atoms with E-state index in [1.807, 2.05) is 23.9 Å². The van der Waals surface area contributed by atoms with Gasteiger partial charge in [-0.2, -0.15) is 0 Å². The Labute approximate surface area is 136 Å². The maximum absolute atomic E-state index is 5.00. The predicted molar refractivity (Wildman–Crippen MR) is 89.4 cm³/mol. The summed E-state index contributed by atoms with van der Waals surface area (Å²) in [5.74, 6) is 0.659. The first-order valence-electron chi connectivity index (χ1n) is 8.55. The third-order valence-corrected chi connectivity index (χ3v) is 6.27. The normalized spacial score (nSPS) is 22.6. The largest absolute Gasteiger partial charge is 0.336 e. The van der Waals surface area contributed by atoms with Crippen LogP contribution in [0.5, 0.6) is 0 Å². The van der Waals surface area contributed by atoms with Gasteiger partial charge in [-0.05, 0) is 45.1 Å². The first-order valence-corrected chi connectivity index (χ1v) is 9.37. The molecule has 22 heavy (non-hydrogen) atoms. The Hall–Kier alpha value is -1.20. The first-order chi connectivity index (χ1) is 10.9. The molecule has 0 aromatic carbocycles. The van der Waals surface area contributed by atoms with Gasteiger partial charge in [0.1, 0.15) is 0 Å². The fourth-order valence-corrected chi connectivity index (χ4v) is 4.96. The molecule has 0 N–H and O–H groups in total. The Morgan fingerprint density at radius 1 is 1.18 bits per heavy atom. The summed E-state index contributed by atoms with van der Waals surface area (Å²) in [4.78, 5) is 13.3. The molecule has 1 aliphatic carbocycles. The molecule has 0 unspecified atom stereocenters. The zero-order valence-corrected chi connectivity index (χ0v) is 13.9. The molecule has 0 bridgehead atoms. The number of fused-ring (bicyclic) bond motifs is 1. The van der Waals surface area contributed by atoms with E-state index in [-0.39, 0.29) is 0 Å². The molecule has 2 aliphatic rings. The highest BCUT2D eigenvalue weighted by Gasteiger charge is 2.25. The Bertz CT molecular complexity index is 581. The summed E-state index contributed by atoms with van der Waals surface area (Å²) >= 11 is 2.01. The lowest BCUT2D eigenvalue weighted by molar-refractivity contribution is 0.201. The summed E-state index contributed by atoms with van der Waals surface area (Å²) in [6, 6.07) is 0. The maximum Gasteiger partial charge on any atom is 0.0974 e. The van der Waals surface area contributed by atoms with Crippen molar-refractivity contribution < 1.29 is 0 Å². The third kappa shape index (κ3) is 3.10. The van der Waals surface area contributed by atoms with Gasteiger partial charge in [0.2, 0.25) is 0 Å². The molecule has 0 spiro atoms. The van der Waals surface area contributed by atoms with Crippen molar-refractivity contribution in [2.24, 2.45) is 0 Å². The Balaban J connectivity index is 1.39. The van der Waals surface area contributed by atoms with Gasteiger partial charge in [0, 0.05) is 42.8 Å². The van der Waals surface area contributed by atoms with Crippen molar-refractivity contribution in [1.29, 1.82) is 0 Å². The molecule has 1 saturated heterocycles. The molecule has 2 aromatic rings. The number of likely N-dealkylation sites (tertiary alicyclic amines) is 1. The van der Waals surface area contributed by atoms with Crippen LogP contribution in [0.3, 0.4) is 0 Å². The van der Waals surface area contributed by atoms with E-state index in [9.17, 15) is 0 Å². The number of aromatic nitrogens is 3. The van der Waals surface area contributed by atoms with Gasteiger partial charge >= 0.3 is 0 Å². The summed E-state index contributed by atoms with van der Waals surface area (Å²) in [7, 11) is 0. The maximum atomic E-state index is 5.00. The van der Waals surface area contributed by atoms with Crippen LogP contribution >= 0.6 is 11.3 Å². The lowest BCUT2D eigenvalue weighted by atomic mass is 9.98. The van der Waals surface area contributed by atoms with Crippen molar-refractivity contribution in [2.75, 3.05) is 19.6 Å². The van der Waals surface area contributed by atoms with E-state index in [2.05, 4.69) is 20.6 Å². The van der Waals surface area contributed by atoms with Gasteiger partial charge in [-0.25, -0.2) is 9.97 Å². The van der Waals surface area contributed by atoms with Crippen LogP contribution in [0.4, 0.5) is 0 Å². The van der Waals surface area contributed by atoms with Crippen LogP contribution in [-0.2, 0) is 19.4 Å². The highest BCUT2D eigenvalue weighted by Crippen LogP contribution is 2.34. The standard InChI is InChI=1S/C17H24N4S/c1-2-6-16-15(5-1)19-17(22-16)14-4-3-8-20(12-14)10-11-21-9-7-18-13-21/h7,9,13-14H,1-6,8,10-12H2/t14-/m1/s1. The summed E-state index contributed by atoms with van der Waals surface area (Å²) in [5.41, 5.74) is 1.42. The molecule has 5 heteroatoms. The Morgan fingerprint density at radius 2 is 2.14 bits per heavy atom. The van der Waals surface area contributed by atoms with Crippen LogP contribution in [0.1, 0.15) is 47.2 Å². The molecule has 0 radical (unpaired) electrons. The number of aryl methyl sites for hydroxylation is 2. The number of rotatable bonds is 4. The number of hydrogen-bond acceptors (Lipinski definition) is 4. The van der Waals surface area contributed by atoms with E-state index in [0.717, 1.165) is 13.1 Å². The second kappa shape index (κ2) is 6.50. The van der Waals surface area contributed by atoms with Crippen LogP contribution in [-0.4, -0.2) is 39.1 Å². The van der Waals surface area contributed by atoms with Crippen molar-refractivity contribution >= 4 is 11.3 Å². The highest BCUT2D eigenvalue weighted by atomic mass is 32.1. The lowest BCUT2D eigenvalue weighted by Crippen LogP contribution is -2.36. The van der Waals surface area contributed by atoms with Crippen LogP contribution in [0.2, 0.25) is 0 Å². The zero-order chi connectivity index (χ0) is 14.8. The minimum absolute atomic E-state index is 0.659. The average molecular weight is 316 g/mol. The van der Waals surface area contributed by atoms with Crippen molar-refractivity contribution in [3.05, 3.63) is 34.3 Å². The molecule has 0 saturated carbocycles. The summed E-state index contributed by atoms with van der Waals surface area (Å²) in [5, 5.41) is 1.42. The average Bonchev–Trinajstić information content (AvgIpc) is 3.22. The number of thiazole rings is 1. The van der Waals surface area contributed by atoms with Gasteiger partial charge in [-0.1, -0.05) is 0 Å². The molecule has 1 aliphatic heterocycles. The van der Waals surface area contributed by atoms with Gasteiger partial charge in [-0.3, -0.25) is 0 Å². The van der Waals surface area contributed by atoms with Gasteiger partial charge in [0.05, 0.1) is 17.0 Å². The summed E-state index contributed by atoms with van der Waals surface area (Å²) in [6.45, 7) is 4.58. The molecule has 4 rings (SSSR count). The fraction of sp³-hybridized carbons (Fsp3) is 0.647. The second-order valence-electron chi connectivity index (χ2n) is 6.57. The molecular weight excluding hydrogens is 292 g/mol. The van der Waals surface area contributed by atoms with Gasteiger partial charge in [0.25, 0.3) is 0 Å². The van der Waals surface area contributed by atoms with Crippen LogP contribution in [0.15, 0.2) is 18.7 Å². The fourth-order valence-electron chi connectivity index (χ4n) is 3.68.